The minimum absolute atomic E-state index is 0.555. The molecule has 100 valence electrons. The first-order valence-corrected chi connectivity index (χ1v) is 7.76. The van der Waals surface area contributed by atoms with Gasteiger partial charge in [0.25, 0.3) is 0 Å². The van der Waals surface area contributed by atoms with Crippen molar-refractivity contribution in [3.8, 4) is 0 Å². The molecule has 2 bridgehead atoms. The van der Waals surface area contributed by atoms with Gasteiger partial charge < -0.3 is 0 Å². The molecular weight excluding hydrogens is 210 g/mol. The van der Waals surface area contributed by atoms with E-state index in [0.29, 0.717) is 12.1 Å². The predicted molar refractivity (Wildman–Crippen MR) is 71.8 cm³/mol. The van der Waals surface area contributed by atoms with Crippen LogP contribution in [0.1, 0.15) is 78.1 Å². The van der Waals surface area contributed by atoms with Crippen LogP contribution in [0.15, 0.2) is 0 Å². The van der Waals surface area contributed by atoms with Gasteiger partial charge in [-0.05, 0) is 26.2 Å². The average Bonchev–Trinajstić information content (AvgIpc) is 2.86. The van der Waals surface area contributed by atoms with Crippen molar-refractivity contribution in [2.45, 2.75) is 96.2 Å². The van der Waals surface area contributed by atoms with E-state index in [-0.39, 0.29) is 0 Å². The van der Waals surface area contributed by atoms with Gasteiger partial charge in [0.15, 0.2) is 0 Å². The van der Waals surface area contributed by atoms with Crippen LogP contribution in [-0.2, 0) is 4.84 Å². The van der Waals surface area contributed by atoms with Crippen molar-refractivity contribution in [2.75, 3.05) is 0 Å². The first-order valence-electron chi connectivity index (χ1n) is 7.76. The Kier molecular flexibility index (Phi) is 5.30. The Morgan fingerprint density at radius 1 is 1.00 bits per heavy atom. The highest BCUT2D eigenvalue weighted by Gasteiger charge is 2.43. The van der Waals surface area contributed by atoms with Crippen LogP contribution in [-0.4, -0.2) is 23.3 Å². The maximum Gasteiger partial charge on any atom is 0.0825 e. The topological polar surface area (TPSA) is 12.5 Å². The minimum atomic E-state index is 0.555. The third-order valence-corrected chi connectivity index (χ3v) is 4.34. The molecular formula is C15H29NO. The van der Waals surface area contributed by atoms with E-state index in [1.54, 1.807) is 0 Å². The molecule has 2 saturated heterocycles. The van der Waals surface area contributed by atoms with E-state index in [0.717, 1.165) is 6.04 Å². The lowest BCUT2D eigenvalue weighted by molar-refractivity contribution is -0.131. The molecule has 0 aromatic rings. The maximum atomic E-state index is 5.84. The lowest BCUT2D eigenvalue weighted by Crippen LogP contribution is -2.35. The van der Waals surface area contributed by atoms with E-state index < -0.39 is 0 Å². The lowest BCUT2D eigenvalue weighted by Gasteiger charge is -2.26. The van der Waals surface area contributed by atoms with Crippen molar-refractivity contribution in [1.82, 2.24) is 5.06 Å². The zero-order chi connectivity index (χ0) is 12.1. The van der Waals surface area contributed by atoms with Crippen LogP contribution in [0, 0.1) is 0 Å². The molecule has 1 unspecified atom stereocenters. The number of hydrogen-bond donors (Lipinski definition) is 0. The normalized spacial score (nSPS) is 35.6. The predicted octanol–water partition coefficient (Wildman–Crippen LogP) is 4.29. The highest BCUT2D eigenvalue weighted by Crippen LogP contribution is 2.37. The van der Waals surface area contributed by atoms with Gasteiger partial charge >= 0.3 is 0 Å². The molecule has 0 radical (unpaired) electrons. The van der Waals surface area contributed by atoms with Crippen molar-refractivity contribution in [2.24, 2.45) is 0 Å². The standard InChI is InChI=1S/C15H29NO/c1-3-4-5-6-7-8-9-10-14-12-15-11-13(2)16(14)17-15/h13-15H,3-12H2,1-2H3/t13-,14+,15+/m1/s1. The Morgan fingerprint density at radius 3 is 2.35 bits per heavy atom. The highest BCUT2D eigenvalue weighted by atomic mass is 16.7. The van der Waals surface area contributed by atoms with E-state index in [9.17, 15) is 0 Å². The fraction of sp³-hybridized carbons (Fsp3) is 1.00. The zero-order valence-corrected chi connectivity index (χ0v) is 11.7. The third-order valence-electron chi connectivity index (χ3n) is 4.34. The molecule has 0 aromatic heterocycles. The molecule has 0 N–H and O–H groups in total. The maximum absolute atomic E-state index is 5.84. The molecule has 2 rings (SSSR count). The number of hydroxylamine groups is 2. The molecule has 2 heterocycles. The van der Waals surface area contributed by atoms with E-state index in [1.807, 2.05) is 0 Å². The molecule has 0 spiro atoms. The molecule has 4 atom stereocenters. The molecule has 0 saturated carbocycles. The molecule has 2 aliphatic heterocycles. The van der Waals surface area contributed by atoms with E-state index >= 15 is 0 Å². The van der Waals surface area contributed by atoms with Gasteiger partial charge in [-0.25, -0.2) is 0 Å². The van der Waals surface area contributed by atoms with E-state index in [2.05, 4.69) is 18.9 Å². The first kappa shape index (κ1) is 13.4. The van der Waals surface area contributed by atoms with Gasteiger partial charge in [0.05, 0.1) is 6.10 Å². The van der Waals surface area contributed by atoms with Gasteiger partial charge in [-0.3, -0.25) is 4.84 Å². The van der Waals surface area contributed by atoms with Gasteiger partial charge in [-0.1, -0.05) is 51.9 Å². The van der Waals surface area contributed by atoms with Gasteiger partial charge in [0.2, 0.25) is 0 Å². The lowest BCUT2D eigenvalue weighted by atomic mass is 9.95. The molecule has 2 fully saturated rings. The Hall–Kier alpha value is -0.0800. The van der Waals surface area contributed by atoms with Crippen LogP contribution in [0.4, 0.5) is 0 Å². The summed E-state index contributed by atoms with van der Waals surface area (Å²) >= 11 is 0. The van der Waals surface area contributed by atoms with Crippen molar-refractivity contribution in [3.63, 3.8) is 0 Å². The highest BCUT2D eigenvalue weighted by molar-refractivity contribution is 4.89. The van der Waals surface area contributed by atoms with Gasteiger partial charge in [0, 0.05) is 12.1 Å². The van der Waals surface area contributed by atoms with Crippen LogP contribution >= 0.6 is 0 Å². The fourth-order valence-corrected chi connectivity index (χ4v) is 3.38. The number of unbranched alkanes of at least 4 members (excludes halogenated alkanes) is 6. The van der Waals surface area contributed by atoms with Crippen LogP contribution in [0.25, 0.3) is 0 Å². The summed E-state index contributed by atoms with van der Waals surface area (Å²) < 4.78 is 0. The molecule has 0 amide bonds. The largest absolute Gasteiger partial charge is 0.295 e. The van der Waals surface area contributed by atoms with Crippen molar-refractivity contribution in [3.05, 3.63) is 0 Å². The number of fused-ring (bicyclic) bond motifs is 2. The number of hydrogen-bond acceptors (Lipinski definition) is 2. The summed E-state index contributed by atoms with van der Waals surface area (Å²) in [6.45, 7) is 4.58. The van der Waals surface area contributed by atoms with Gasteiger partial charge in [-0.15, -0.1) is 0 Å². The van der Waals surface area contributed by atoms with Gasteiger partial charge in [0.1, 0.15) is 0 Å². The quantitative estimate of drug-likeness (QED) is 0.586. The van der Waals surface area contributed by atoms with Crippen LogP contribution in [0.5, 0.6) is 0 Å². The second-order valence-electron chi connectivity index (χ2n) is 5.97. The first-order chi connectivity index (χ1) is 8.31. The average molecular weight is 239 g/mol. The van der Waals surface area contributed by atoms with Crippen molar-refractivity contribution < 1.29 is 4.84 Å². The minimum Gasteiger partial charge on any atom is -0.295 e. The summed E-state index contributed by atoms with van der Waals surface area (Å²) in [4.78, 5) is 5.84. The number of piperidine rings is 1. The fourth-order valence-electron chi connectivity index (χ4n) is 3.38. The van der Waals surface area contributed by atoms with Crippen molar-refractivity contribution in [1.29, 1.82) is 0 Å². The molecule has 2 aliphatic rings. The van der Waals surface area contributed by atoms with E-state index in [1.165, 1.54) is 64.2 Å². The molecule has 0 aliphatic carbocycles. The molecule has 0 aromatic carbocycles. The van der Waals surface area contributed by atoms with Crippen LogP contribution in [0.2, 0.25) is 0 Å². The molecule has 17 heavy (non-hydrogen) atoms. The Bertz CT molecular complexity index is 219. The Morgan fingerprint density at radius 2 is 1.71 bits per heavy atom. The molecule has 2 heteroatoms. The second-order valence-corrected chi connectivity index (χ2v) is 5.97. The number of nitrogens with zero attached hydrogens (tertiary/aromatic N) is 1. The smallest absolute Gasteiger partial charge is 0.0825 e. The molecule has 2 nitrogen and oxygen atoms in total. The van der Waals surface area contributed by atoms with Crippen LogP contribution in [0.3, 0.4) is 0 Å². The second kappa shape index (κ2) is 6.75. The Balaban J connectivity index is 1.49. The van der Waals surface area contributed by atoms with Gasteiger partial charge in [-0.2, -0.15) is 5.06 Å². The summed E-state index contributed by atoms with van der Waals surface area (Å²) in [6.07, 6.45) is 14.4. The monoisotopic (exact) mass is 239 g/mol. The summed E-state index contributed by atoms with van der Waals surface area (Å²) in [5.74, 6) is 0. The SMILES string of the molecule is CCCCCCCCC[C@H]1C[C@@H]2C[C@@H](C)N1O2. The third kappa shape index (κ3) is 3.69. The van der Waals surface area contributed by atoms with E-state index in [4.69, 9.17) is 4.84 Å². The summed E-state index contributed by atoms with van der Waals surface area (Å²) in [5, 5.41) is 2.29. The summed E-state index contributed by atoms with van der Waals surface area (Å²) in [5.41, 5.74) is 0. The Labute approximate surface area is 107 Å². The summed E-state index contributed by atoms with van der Waals surface area (Å²) in [7, 11) is 0. The summed E-state index contributed by atoms with van der Waals surface area (Å²) in [6, 6.07) is 1.41. The zero-order valence-electron chi connectivity index (χ0n) is 11.7. The van der Waals surface area contributed by atoms with Crippen LogP contribution < -0.4 is 0 Å². The number of rotatable bonds is 8. The van der Waals surface area contributed by atoms with Crippen molar-refractivity contribution >= 4 is 0 Å².